The number of nitrogens with one attached hydrogen (secondary N) is 1. The highest BCUT2D eigenvalue weighted by atomic mass is 35.5. The van der Waals surface area contributed by atoms with Crippen molar-refractivity contribution in [1.29, 1.82) is 0 Å². The average molecular weight is 268 g/mol. The first-order valence-corrected chi connectivity index (χ1v) is 5.54. The molecule has 1 N–H and O–H groups in total. The molecule has 0 radical (unpaired) electrons. The van der Waals surface area contributed by atoms with E-state index in [2.05, 4.69) is 10.3 Å². The van der Waals surface area contributed by atoms with Gasteiger partial charge in [0.1, 0.15) is 16.5 Å². The van der Waals surface area contributed by atoms with Crippen molar-refractivity contribution in [3.63, 3.8) is 0 Å². The Morgan fingerprint density at radius 3 is 2.94 bits per heavy atom. The minimum Gasteiger partial charge on any atom is -0.444 e. The summed E-state index contributed by atoms with van der Waals surface area (Å²) in [6.45, 7) is 2.04. The topological polar surface area (TPSA) is 81.2 Å². The highest BCUT2D eigenvalue weighted by Crippen LogP contribution is 2.32. The molecule has 0 amide bonds. The number of nitrogens with zero attached hydrogens (tertiary/aromatic N) is 2. The highest BCUT2D eigenvalue weighted by molar-refractivity contribution is 6.33. The van der Waals surface area contributed by atoms with Crippen molar-refractivity contribution in [3.8, 4) is 0 Å². The van der Waals surface area contributed by atoms with Gasteiger partial charge in [-0.15, -0.1) is 0 Å². The summed E-state index contributed by atoms with van der Waals surface area (Å²) in [5.41, 5.74) is 0.186. The van der Waals surface area contributed by atoms with Gasteiger partial charge in [-0.3, -0.25) is 10.1 Å². The monoisotopic (exact) mass is 267 g/mol. The quantitative estimate of drug-likeness (QED) is 0.680. The number of aryl methyl sites for hydroxylation is 1. The molecule has 0 saturated carbocycles. The zero-order valence-corrected chi connectivity index (χ0v) is 10.3. The predicted octanol–water partition coefficient (Wildman–Crippen LogP) is 3.16. The third-order valence-electron chi connectivity index (χ3n) is 2.27. The van der Waals surface area contributed by atoms with E-state index in [9.17, 15) is 10.1 Å². The third kappa shape index (κ3) is 2.60. The molecule has 0 aliphatic carbocycles. The van der Waals surface area contributed by atoms with Crippen LogP contribution in [0.1, 0.15) is 11.7 Å². The zero-order chi connectivity index (χ0) is 13.1. The first-order chi connectivity index (χ1) is 8.58. The minimum atomic E-state index is -0.522. The molecule has 2 rings (SSSR count). The summed E-state index contributed by atoms with van der Waals surface area (Å²) in [5, 5.41) is 13.9. The van der Waals surface area contributed by atoms with Crippen molar-refractivity contribution in [1.82, 2.24) is 4.98 Å². The second kappa shape index (κ2) is 5.05. The number of aromatic nitrogens is 1. The van der Waals surface area contributed by atoms with Crippen molar-refractivity contribution >= 4 is 23.0 Å². The van der Waals surface area contributed by atoms with Crippen LogP contribution in [-0.2, 0) is 6.54 Å². The minimum absolute atomic E-state index is 0.0913. The Morgan fingerprint density at radius 2 is 2.33 bits per heavy atom. The zero-order valence-electron chi connectivity index (χ0n) is 9.51. The van der Waals surface area contributed by atoms with Gasteiger partial charge in [0.25, 0.3) is 0 Å². The molecule has 0 aliphatic heterocycles. The first-order valence-electron chi connectivity index (χ1n) is 5.16. The van der Waals surface area contributed by atoms with Crippen LogP contribution in [0.15, 0.2) is 28.8 Å². The fourth-order valence-corrected chi connectivity index (χ4v) is 1.74. The maximum Gasteiger partial charge on any atom is 0.310 e. The molecule has 1 aromatic carbocycles. The van der Waals surface area contributed by atoms with E-state index in [4.69, 9.17) is 16.0 Å². The lowest BCUT2D eigenvalue weighted by molar-refractivity contribution is -0.383. The smallest absolute Gasteiger partial charge is 0.310 e. The number of anilines is 1. The molecule has 0 bridgehead atoms. The van der Waals surface area contributed by atoms with Crippen LogP contribution in [0, 0.1) is 17.0 Å². The van der Waals surface area contributed by atoms with Gasteiger partial charge in [0.15, 0.2) is 0 Å². The van der Waals surface area contributed by atoms with E-state index >= 15 is 0 Å². The normalized spacial score (nSPS) is 10.3. The van der Waals surface area contributed by atoms with Gasteiger partial charge in [0.05, 0.1) is 17.7 Å². The van der Waals surface area contributed by atoms with Gasteiger partial charge in [0, 0.05) is 0 Å². The van der Waals surface area contributed by atoms with Gasteiger partial charge >= 0.3 is 5.69 Å². The van der Waals surface area contributed by atoms with Crippen LogP contribution in [0.5, 0.6) is 0 Å². The molecule has 2 aromatic rings. The Bertz CT molecular complexity index is 583. The molecule has 94 valence electrons. The number of halogens is 1. The summed E-state index contributed by atoms with van der Waals surface area (Å²) in [5.74, 6) is 1.15. The number of nitro benzene ring substituents is 1. The van der Waals surface area contributed by atoms with Crippen LogP contribution in [0.4, 0.5) is 11.4 Å². The highest BCUT2D eigenvalue weighted by Gasteiger charge is 2.18. The number of oxazole rings is 1. The summed E-state index contributed by atoms with van der Waals surface area (Å²) in [7, 11) is 0. The summed E-state index contributed by atoms with van der Waals surface area (Å²) in [6.07, 6.45) is 1.59. The van der Waals surface area contributed by atoms with Crippen LogP contribution >= 0.6 is 11.6 Å². The van der Waals surface area contributed by atoms with E-state index in [-0.39, 0.29) is 17.3 Å². The second-order valence-electron chi connectivity index (χ2n) is 3.61. The summed E-state index contributed by atoms with van der Waals surface area (Å²) >= 11 is 5.79. The van der Waals surface area contributed by atoms with E-state index < -0.39 is 4.92 Å². The van der Waals surface area contributed by atoms with Gasteiger partial charge in [-0.05, 0) is 19.1 Å². The molecule has 0 aliphatic rings. The molecule has 6 nitrogen and oxygen atoms in total. The SMILES string of the molecule is Cc1cnc(CNc2cccc(Cl)c2[N+](=O)[O-])o1. The van der Waals surface area contributed by atoms with Crippen molar-refractivity contribution < 1.29 is 9.34 Å². The van der Waals surface area contributed by atoms with Crippen LogP contribution in [-0.4, -0.2) is 9.91 Å². The van der Waals surface area contributed by atoms with Crippen molar-refractivity contribution in [2.75, 3.05) is 5.32 Å². The number of para-hydroxylation sites is 1. The standard InChI is InChI=1S/C11H10ClN3O3/c1-7-5-14-10(18-7)6-13-9-4-2-3-8(12)11(9)15(16)17/h2-5,13H,6H2,1H3. The van der Waals surface area contributed by atoms with Gasteiger partial charge in [-0.2, -0.15) is 0 Å². The number of benzene rings is 1. The van der Waals surface area contributed by atoms with E-state index in [0.29, 0.717) is 17.3 Å². The largest absolute Gasteiger partial charge is 0.444 e. The summed E-state index contributed by atoms with van der Waals surface area (Å²) in [6, 6.07) is 4.69. The molecular weight excluding hydrogens is 258 g/mol. The van der Waals surface area contributed by atoms with Gasteiger partial charge in [0.2, 0.25) is 5.89 Å². The summed E-state index contributed by atoms with van der Waals surface area (Å²) < 4.78 is 5.26. The third-order valence-corrected chi connectivity index (χ3v) is 2.57. The fraction of sp³-hybridized carbons (Fsp3) is 0.182. The lowest BCUT2D eigenvalue weighted by Crippen LogP contribution is -2.03. The number of nitro groups is 1. The maximum absolute atomic E-state index is 10.9. The Morgan fingerprint density at radius 1 is 1.56 bits per heavy atom. The molecule has 0 unspecified atom stereocenters. The van der Waals surface area contributed by atoms with Gasteiger partial charge in [-0.25, -0.2) is 4.98 Å². The van der Waals surface area contributed by atoms with Crippen LogP contribution in [0.2, 0.25) is 5.02 Å². The van der Waals surface area contributed by atoms with Crippen molar-refractivity contribution in [2.24, 2.45) is 0 Å². The Labute approximate surface area is 108 Å². The van der Waals surface area contributed by atoms with Crippen LogP contribution in [0.3, 0.4) is 0 Å². The molecule has 0 saturated heterocycles. The van der Waals surface area contributed by atoms with Gasteiger partial charge < -0.3 is 9.73 Å². The molecule has 0 fully saturated rings. The number of hydrogen-bond donors (Lipinski definition) is 1. The lowest BCUT2D eigenvalue weighted by Gasteiger charge is -2.05. The second-order valence-corrected chi connectivity index (χ2v) is 4.02. The predicted molar refractivity (Wildman–Crippen MR) is 66.7 cm³/mol. The molecule has 0 spiro atoms. The Balaban J connectivity index is 2.19. The van der Waals surface area contributed by atoms with Crippen LogP contribution in [0.25, 0.3) is 0 Å². The van der Waals surface area contributed by atoms with Crippen molar-refractivity contribution in [3.05, 3.63) is 51.2 Å². The lowest BCUT2D eigenvalue weighted by atomic mass is 10.2. The molecule has 18 heavy (non-hydrogen) atoms. The molecular formula is C11H10ClN3O3. The van der Waals surface area contributed by atoms with Gasteiger partial charge in [-0.1, -0.05) is 17.7 Å². The summed E-state index contributed by atoms with van der Waals surface area (Å²) in [4.78, 5) is 14.4. The molecule has 0 atom stereocenters. The van der Waals surface area contributed by atoms with Crippen LogP contribution < -0.4 is 5.32 Å². The molecule has 1 heterocycles. The maximum atomic E-state index is 10.9. The van der Waals surface area contributed by atoms with E-state index in [0.717, 1.165) is 0 Å². The van der Waals surface area contributed by atoms with E-state index in [1.54, 1.807) is 25.3 Å². The average Bonchev–Trinajstić information content (AvgIpc) is 2.72. The fourth-order valence-electron chi connectivity index (χ4n) is 1.50. The number of rotatable bonds is 4. The number of hydrogen-bond acceptors (Lipinski definition) is 5. The molecule has 1 aromatic heterocycles. The van der Waals surface area contributed by atoms with E-state index in [1.165, 1.54) is 6.07 Å². The molecule has 7 heteroatoms. The van der Waals surface area contributed by atoms with E-state index in [1.807, 2.05) is 0 Å². The Hall–Kier alpha value is -2.08. The Kier molecular flexibility index (Phi) is 3.47. The first kappa shape index (κ1) is 12.4. The van der Waals surface area contributed by atoms with Crippen molar-refractivity contribution in [2.45, 2.75) is 13.5 Å².